The number of aromatic nitrogens is 11. The van der Waals surface area contributed by atoms with E-state index in [0.29, 0.717) is 85.2 Å². The van der Waals surface area contributed by atoms with Crippen LogP contribution in [0, 0.1) is 34.6 Å². The lowest BCUT2D eigenvalue weighted by atomic mass is 9.96. The molecule has 0 saturated heterocycles. The number of benzene rings is 3. The molecule has 3 aromatic carbocycles. The lowest BCUT2D eigenvalue weighted by Crippen LogP contribution is -2.36. The standard InChI is InChI=1S/C53H41N11O6/c1-24-41(26(3)69-63-24)35-21-38-48(61-51(35)66-6)44-46(33-19-20-54-37-16-12-11-15-31(33)37)59-40(60-50(44)58-38)23-64-25(2)42(27(4)70-64)36-22-39-47(62-52(36)67-7)43-45(55-28(5)56-49(43)57-39)32-17-18-34(53(65)68-8)30-14-10-9-13-29(30)32/h9-22H,23H2,1-8H3,(H-,54,55,56,57,58,59,60,61,62,65)/p+1. The highest BCUT2D eigenvalue weighted by Crippen LogP contribution is 2.43. The minimum atomic E-state index is -0.418. The van der Waals surface area contributed by atoms with Gasteiger partial charge in [0.2, 0.25) is 23.3 Å². The highest BCUT2D eigenvalue weighted by atomic mass is 16.5. The summed E-state index contributed by atoms with van der Waals surface area (Å²) < 4.78 is 31.0. The van der Waals surface area contributed by atoms with Crippen LogP contribution < -0.4 is 14.2 Å². The third kappa shape index (κ3) is 6.45. The fraction of sp³-hybridized carbons (Fsp3) is 0.170. The highest BCUT2D eigenvalue weighted by Gasteiger charge is 2.31. The van der Waals surface area contributed by atoms with Crippen LogP contribution in [0.15, 0.2) is 94.1 Å². The van der Waals surface area contributed by atoms with E-state index in [1.807, 2.05) is 107 Å². The molecule has 0 radical (unpaired) electrons. The zero-order chi connectivity index (χ0) is 48.1. The fourth-order valence-corrected chi connectivity index (χ4v) is 9.94. The Kier molecular flexibility index (Phi) is 9.66. The Morgan fingerprint density at radius 3 is 1.94 bits per heavy atom. The van der Waals surface area contributed by atoms with Gasteiger partial charge in [0, 0.05) is 36.6 Å². The minimum absolute atomic E-state index is 0.181. The van der Waals surface area contributed by atoms with Gasteiger partial charge in [0.1, 0.15) is 39.5 Å². The number of nitrogens with one attached hydrogen (secondary N) is 2. The summed E-state index contributed by atoms with van der Waals surface area (Å²) in [6, 6.07) is 25.3. The lowest BCUT2D eigenvalue weighted by molar-refractivity contribution is -0.863. The molecule has 12 aromatic rings. The van der Waals surface area contributed by atoms with E-state index in [9.17, 15) is 4.79 Å². The van der Waals surface area contributed by atoms with E-state index in [0.717, 1.165) is 77.3 Å². The molecule has 344 valence electrons. The van der Waals surface area contributed by atoms with Crippen LogP contribution in [0.25, 0.3) is 111 Å². The maximum Gasteiger partial charge on any atom is 0.338 e. The van der Waals surface area contributed by atoms with Crippen molar-refractivity contribution in [1.29, 1.82) is 0 Å². The molecule has 0 atom stereocenters. The van der Waals surface area contributed by atoms with Crippen LogP contribution in [0.3, 0.4) is 0 Å². The number of carbonyl (C=O) groups is 1. The maximum absolute atomic E-state index is 12.8. The molecule has 70 heavy (non-hydrogen) atoms. The monoisotopic (exact) mass is 928 g/mol. The molecule has 0 amide bonds. The van der Waals surface area contributed by atoms with Crippen LogP contribution in [-0.2, 0) is 11.3 Å². The molecular weight excluding hydrogens is 887 g/mol. The number of methoxy groups -OCH3 is 3. The fourth-order valence-electron chi connectivity index (χ4n) is 9.94. The van der Waals surface area contributed by atoms with Crippen molar-refractivity contribution >= 4 is 71.8 Å². The second-order valence-corrected chi connectivity index (χ2v) is 17.1. The zero-order valence-corrected chi connectivity index (χ0v) is 39.3. The number of ether oxygens (including phenoxy) is 3. The Bertz CT molecular complexity index is 4140. The molecule has 17 nitrogen and oxygen atoms in total. The van der Waals surface area contributed by atoms with Gasteiger partial charge >= 0.3 is 5.97 Å². The molecule has 0 aliphatic heterocycles. The van der Waals surface area contributed by atoms with Crippen molar-refractivity contribution < 1.29 is 32.8 Å². The number of hydrogen-bond acceptors (Lipinski definition) is 14. The van der Waals surface area contributed by atoms with Gasteiger partial charge in [-0.05, 0) is 66.6 Å². The molecule has 0 spiro atoms. The molecule has 17 heteroatoms. The third-order valence-corrected chi connectivity index (χ3v) is 13.0. The van der Waals surface area contributed by atoms with Crippen LogP contribution in [0.5, 0.6) is 11.8 Å². The first-order valence-corrected chi connectivity index (χ1v) is 22.4. The second kappa shape index (κ2) is 16.0. The summed E-state index contributed by atoms with van der Waals surface area (Å²) in [6.45, 7) is 9.69. The molecule has 0 aliphatic rings. The summed E-state index contributed by atoms with van der Waals surface area (Å²) in [5.41, 5.74) is 12.8. The number of para-hydroxylation sites is 1. The van der Waals surface area contributed by atoms with E-state index >= 15 is 0 Å². The molecule has 2 N–H and O–H groups in total. The van der Waals surface area contributed by atoms with Crippen molar-refractivity contribution in [2.45, 2.75) is 41.2 Å². The Hall–Kier alpha value is -9.12. The lowest BCUT2D eigenvalue weighted by Gasteiger charge is -2.12. The van der Waals surface area contributed by atoms with Gasteiger partial charge in [0.15, 0.2) is 5.76 Å². The van der Waals surface area contributed by atoms with E-state index < -0.39 is 5.97 Å². The minimum Gasteiger partial charge on any atom is -0.481 e. The molecule has 12 rings (SSSR count). The molecule has 0 bridgehead atoms. The van der Waals surface area contributed by atoms with E-state index in [4.69, 9.17) is 53.2 Å². The van der Waals surface area contributed by atoms with Gasteiger partial charge < -0.3 is 28.7 Å². The van der Waals surface area contributed by atoms with Gasteiger partial charge in [-0.2, -0.15) is 0 Å². The summed E-state index contributed by atoms with van der Waals surface area (Å²) >= 11 is 0. The largest absolute Gasteiger partial charge is 0.481 e. The van der Waals surface area contributed by atoms with Crippen molar-refractivity contribution in [3.8, 4) is 56.5 Å². The van der Waals surface area contributed by atoms with Crippen molar-refractivity contribution in [2.24, 2.45) is 0 Å². The predicted molar refractivity (Wildman–Crippen MR) is 263 cm³/mol. The van der Waals surface area contributed by atoms with Crippen molar-refractivity contribution in [2.75, 3.05) is 21.3 Å². The number of nitrogens with zero attached hydrogens (tertiary/aromatic N) is 9. The van der Waals surface area contributed by atoms with Crippen molar-refractivity contribution in [3.05, 3.63) is 125 Å². The van der Waals surface area contributed by atoms with Gasteiger partial charge in [-0.15, -0.1) is 0 Å². The van der Waals surface area contributed by atoms with Gasteiger partial charge in [0.05, 0.1) is 88.0 Å². The smallest absolute Gasteiger partial charge is 0.338 e. The van der Waals surface area contributed by atoms with Crippen molar-refractivity contribution in [3.63, 3.8) is 0 Å². The van der Waals surface area contributed by atoms with Crippen molar-refractivity contribution in [1.82, 2.24) is 50.0 Å². The predicted octanol–water partition coefficient (Wildman–Crippen LogP) is 9.96. The number of hydrogen-bond donors (Lipinski definition) is 2. The molecule has 0 saturated carbocycles. The van der Waals surface area contributed by atoms with E-state index in [-0.39, 0.29) is 6.54 Å². The number of rotatable bonds is 9. The average molecular weight is 929 g/mol. The van der Waals surface area contributed by atoms with Crippen LogP contribution in [0.1, 0.15) is 44.9 Å². The van der Waals surface area contributed by atoms with E-state index in [1.165, 1.54) is 7.11 Å². The first-order chi connectivity index (χ1) is 34.0. The Labute approximate surface area is 397 Å². The SMILES string of the molecule is COC(=O)c1ccc(-c2nc(C)nc3[nH]c4cc(-c5c(C)o[n+](Cc6nc(-c7ccnc8ccccc78)c7c(n6)[nH]c6cc(-c8c(C)noc8C)c(OC)nc67)c5C)c(OC)nc4c23)c2ccccc12. The van der Waals surface area contributed by atoms with Crippen LogP contribution >= 0.6 is 0 Å². The molecule has 0 unspecified atom stereocenters. The summed E-state index contributed by atoms with van der Waals surface area (Å²) in [6.07, 6.45) is 1.79. The number of H-pyrrole nitrogens is 2. The van der Waals surface area contributed by atoms with Gasteiger partial charge in [0.25, 0.3) is 6.54 Å². The van der Waals surface area contributed by atoms with Crippen LogP contribution in [0.2, 0.25) is 0 Å². The molecule has 0 fully saturated rings. The highest BCUT2D eigenvalue weighted by molar-refractivity contribution is 6.17. The van der Waals surface area contributed by atoms with Gasteiger partial charge in [-0.3, -0.25) is 4.98 Å². The Morgan fingerprint density at radius 2 is 1.27 bits per heavy atom. The van der Waals surface area contributed by atoms with Crippen LogP contribution in [0.4, 0.5) is 0 Å². The Morgan fingerprint density at radius 1 is 0.643 bits per heavy atom. The van der Waals surface area contributed by atoms with E-state index in [2.05, 4.69) is 20.1 Å². The number of fused-ring (bicyclic) bond motifs is 8. The quantitative estimate of drug-likeness (QED) is 0.102. The summed E-state index contributed by atoms with van der Waals surface area (Å²) in [4.78, 5) is 55.0. The molecular formula is C53H42N11O6+. The number of carbonyl (C=O) groups excluding carboxylic acids is 1. The number of aryl methyl sites for hydroxylation is 4. The first-order valence-electron chi connectivity index (χ1n) is 22.4. The normalized spacial score (nSPS) is 11.8. The average Bonchev–Trinajstić information content (AvgIpc) is 4.10. The van der Waals surface area contributed by atoms with E-state index in [1.54, 1.807) is 31.2 Å². The molecule has 0 aliphatic carbocycles. The topological polar surface area (TPSA) is 210 Å². The summed E-state index contributed by atoms with van der Waals surface area (Å²) in [5, 5.41) is 8.15. The zero-order valence-electron chi connectivity index (χ0n) is 39.3. The number of esters is 1. The first kappa shape index (κ1) is 42.2. The number of aromatic amines is 2. The molecule has 9 heterocycles. The van der Waals surface area contributed by atoms with Gasteiger partial charge in [-0.25, -0.2) is 39.2 Å². The third-order valence-electron chi connectivity index (χ3n) is 13.0. The summed E-state index contributed by atoms with van der Waals surface area (Å²) in [5.74, 6) is 2.73. The Balaban J connectivity index is 0.999. The summed E-state index contributed by atoms with van der Waals surface area (Å²) in [7, 11) is 4.58. The molecule has 9 aromatic heterocycles. The van der Waals surface area contributed by atoms with Gasteiger partial charge in [-0.1, -0.05) is 53.7 Å². The maximum atomic E-state index is 12.8. The number of pyridine rings is 3. The second-order valence-electron chi connectivity index (χ2n) is 17.1. The van der Waals surface area contributed by atoms with Crippen LogP contribution in [-0.4, -0.2) is 77.3 Å².